The maximum Gasteiger partial charge on any atom is 0.177 e. The number of aromatic nitrogens is 2. The smallest absolute Gasteiger partial charge is 0.177 e. The fourth-order valence-corrected chi connectivity index (χ4v) is 3.31. The summed E-state index contributed by atoms with van der Waals surface area (Å²) < 4.78 is 23.4. The Balaban J connectivity index is 2.31. The van der Waals surface area contributed by atoms with E-state index < -0.39 is 9.84 Å². The number of nitrogens with zero attached hydrogens (tertiary/aromatic N) is 1. The minimum absolute atomic E-state index is 0.262. The number of rotatable bonds is 2. The van der Waals surface area contributed by atoms with E-state index in [4.69, 9.17) is 0 Å². The Hall–Kier alpha value is -1.66. The van der Waals surface area contributed by atoms with Gasteiger partial charge in [0.15, 0.2) is 9.84 Å². The predicted octanol–water partition coefficient (Wildman–Crippen LogP) is 2.69. The summed E-state index contributed by atoms with van der Waals surface area (Å²) in [5.74, 6) is 0.697. The third-order valence-corrected chi connectivity index (χ3v) is 4.48. The number of thiophene rings is 1. The number of fused-ring (bicyclic) bond motifs is 1. The van der Waals surface area contributed by atoms with Crippen LogP contribution in [0, 0.1) is 0 Å². The van der Waals surface area contributed by atoms with Gasteiger partial charge >= 0.3 is 0 Å². The minimum atomic E-state index is -3.26. The Morgan fingerprint density at radius 2 is 2.11 bits per heavy atom. The molecular formula is C12H10N2O2S2. The van der Waals surface area contributed by atoms with Gasteiger partial charge in [0, 0.05) is 17.2 Å². The van der Waals surface area contributed by atoms with Crippen LogP contribution in [-0.2, 0) is 9.84 Å². The number of hydrogen-bond acceptors (Lipinski definition) is 4. The normalized spacial score (nSPS) is 12.1. The van der Waals surface area contributed by atoms with E-state index in [1.54, 1.807) is 23.5 Å². The SMILES string of the molecule is CS(=O)(=O)c1cccc2[nH]c(-c3ccsc3)nc12. The van der Waals surface area contributed by atoms with Crippen molar-refractivity contribution >= 4 is 32.2 Å². The number of hydrogen-bond donors (Lipinski definition) is 1. The molecule has 1 aromatic carbocycles. The van der Waals surface area contributed by atoms with Crippen LogP contribution in [0.15, 0.2) is 39.9 Å². The summed E-state index contributed by atoms with van der Waals surface area (Å²) in [4.78, 5) is 7.80. The van der Waals surface area contributed by atoms with Crippen molar-refractivity contribution in [1.29, 1.82) is 0 Å². The summed E-state index contributed by atoms with van der Waals surface area (Å²) in [6.07, 6.45) is 1.20. The molecule has 0 amide bonds. The molecule has 2 heterocycles. The number of aromatic amines is 1. The summed E-state index contributed by atoms with van der Waals surface area (Å²) in [5, 5.41) is 3.93. The largest absolute Gasteiger partial charge is 0.338 e. The molecule has 0 aliphatic heterocycles. The van der Waals surface area contributed by atoms with Crippen molar-refractivity contribution in [3.05, 3.63) is 35.0 Å². The number of para-hydroxylation sites is 1. The molecule has 6 heteroatoms. The minimum Gasteiger partial charge on any atom is -0.338 e. The number of benzene rings is 1. The van der Waals surface area contributed by atoms with Gasteiger partial charge in [0.2, 0.25) is 0 Å². The lowest BCUT2D eigenvalue weighted by Gasteiger charge is -1.97. The molecule has 92 valence electrons. The quantitative estimate of drug-likeness (QED) is 0.784. The van der Waals surface area contributed by atoms with Crippen LogP contribution in [0.5, 0.6) is 0 Å². The van der Waals surface area contributed by atoms with E-state index in [0.717, 1.165) is 11.1 Å². The fraction of sp³-hybridized carbons (Fsp3) is 0.0833. The van der Waals surface area contributed by atoms with Crippen molar-refractivity contribution in [1.82, 2.24) is 9.97 Å². The molecule has 1 N–H and O–H groups in total. The van der Waals surface area contributed by atoms with Crippen molar-refractivity contribution in [3.63, 3.8) is 0 Å². The van der Waals surface area contributed by atoms with Crippen LogP contribution in [0.4, 0.5) is 0 Å². The Labute approximate surface area is 108 Å². The zero-order valence-electron chi connectivity index (χ0n) is 9.54. The number of sulfone groups is 1. The molecule has 0 bridgehead atoms. The molecule has 0 saturated carbocycles. The van der Waals surface area contributed by atoms with Crippen LogP contribution in [0.2, 0.25) is 0 Å². The molecule has 3 rings (SSSR count). The summed E-state index contributed by atoms with van der Waals surface area (Å²) >= 11 is 1.58. The maximum atomic E-state index is 11.7. The first-order chi connectivity index (χ1) is 8.55. The topological polar surface area (TPSA) is 62.8 Å². The lowest BCUT2D eigenvalue weighted by Crippen LogP contribution is -1.97. The first-order valence-electron chi connectivity index (χ1n) is 5.27. The lowest BCUT2D eigenvalue weighted by molar-refractivity contribution is 0.602. The van der Waals surface area contributed by atoms with Gasteiger partial charge in [0.25, 0.3) is 0 Å². The van der Waals surface area contributed by atoms with Gasteiger partial charge in [0.1, 0.15) is 11.3 Å². The molecule has 0 fully saturated rings. The summed E-state index contributed by atoms with van der Waals surface area (Å²) in [6, 6.07) is 7.07. The van der Waals surface area contributed by atoms with Crippen LogP contribution < -0.4 is 0 Å². The van der Waals surface area contributed by atoms with Gasteiger partial charge < -0.3 is 4.98 Å². The average Bonchev–Trinajstić information content (AvgIpc) is 2.95. The third-order valence-electron chi connectivity index (χ3n) is 2.67. The van der Waals surface area contributed by atoms with Crippen molar-refractivity contribution in [3.8, 4) is 11.4 Å². The Morgan fingerprint density at radius 3 is 2.78 bits per heavy atom. The van der Waals surface area contributed by atoms with Gasteiger partial charge in [-0.1, -0.05) is 6.07 Å². The first-order valence-corrected chi connectivity index (χ1v) is 8.10. The van der Waals surface area contributed by atoms with E-state index in [-0.39, 0.29) is 4.90 Å². The maximum absolute atomic E-state index is 11.7. The van der Waals surface area contributed by atoms with Crippen molar-refractivity contribution in [2.45, 2.75) is 4.90 Å². The number of H-pyrrole nitrogens is 1. The monoisotopic (exact) mass is 278 g/mol. The fourth-order valence-electron chi connectivity index (χ4n) is 1.84. The second kappa shape index (κ2) is 3.93. The van der Waals surface area contributed by atoms with Gasteiger partial charge in [-0.2, -0.15) is 11.3 Å². The Bertz CT molecular complexity index is 802. The molecule has 18 heavy (non-hydrogen) atoms. The Kier molecular flexibility index (Phi) is 2.49. The summed E-state index contributed by atoms with van der Waals surface area (Å²) in [5.41, 5.74) is 2.20. The standard InChI is InChI=1S/C12H10N2O2S2/c1-18(15,16)10-4-2-3-9-11(10)14-12(13-9)8-5-6-17-7-8/h2-7H,1H3,(H,13,14). The molecule has 2 aromatic heterocycles. The Morgan fingerprint density at radius 1 is 1.28 bits per heavy atom. The van der Waals surface area contributed by atoms with Gasteiger partial charge in [-0.25, -0.2) is 13.4 Å². The van der Waals surface area contributed by atoms with Crippen LogP contribution >= 0.6 is 11.3 Å². The molecule has 0 atom stereocenters. The highest BCUT2D eigenvalue weighted by atomic mass is 32.2. The summed E-state index contributed by atoms with van der Waals surface area (Å²) in [6.45, 7) is 0. The van der Waals surface area contributed by atoms with Crippen molar-refractivity contribution in [2.24, 2.45) is 0 Å². The molecule has 0 unspecified atom stereocenters. The van der Waals surface area contributed by atoms with Gasteiger partial charge in [-0.15, -0.1) is 0 Å². The second-order valence-corrected chi connectivity index (χ2v) is 6.79. The van der Waals surface area contributed by atoms with E-state index in [9.17, 15) is 8.42 Å². The third kappa shape index (κ3) is 1.83. The zero-order valence-corrected chi connectivity index (χ0v) is 11.2. The molecule has 0 saturated heterocycles. The van der Waals surface area contributed by atoms with Gasteiger partial charge in [0.05, 0.1) is 10.4 Å². The zero-order chi connectivity index (χ0) is 12.8. The van der Waals surface area contributed by atoms with Gasteiger partial charge in [-0.3, -0.25) is 0 Å². The van der Waals surface area contributed by atoms with E-state index in [0.29, 0.717) is 11.3 Å². The molecule has 4 nitrogen and oxygen atoms in total. The molecule has 3 aromatic rings. The highest BCUT2D eigenvalue weighted by Gasteiger charge is 2.15. The highest BCUT2D eigenvalue weighted by Crippen LogP contribution is 2.26. The molecule has 0 aliphatic carbocycles. The van der Waals surface area contributed by atoms with Crippen LogP contribution in [0.3, 0.4) is 0 Å². The molecular weight excluding hydrogens is 268 g/mol. The van der Waals surface area contributed by atoms with E-state index in [1.807, 2.05) is 22.9 Å². The summed E-state index contributed by atoms with van der Waals surface area (Å²) in [7, 11) is -3.26. The molecule has 0 aliphatic rings. The second-order valence-electron chi connectivity index (χ2n) is 4.02. The highest BCUT2D eigenvalue weighted by molar-refractivity contribution is 7.91. The average molecular weight is 278 g/mol. The molecule has 0 spiro atoms. The van der Waals surface area contributed by atoms with Crippen molar-refractivity contribution < 1.29 is 8.42 Å². The van der Waals surface area contributed by atoms with Crippen LogP contribution in [0.25, 0.3) is 22.4 Å². The first kappa shape index (κ1) is 11.4. The van der Waals surface area contributed by atoms with Crippen molar-refractivity contribution in [2.75, 3.05) is 6.26 Å². The van der Waals surface area contributed by atoms with Gasteiger partial charge in [-0.05, 0) is 23.6 Å². The lowest BCUT2D eigenvalue weighted by atomic mass is 10.3. The predicted molar refractivity (Wildman–Crippen MR) is 72.5 cm³/mol. The van der Waals surface area contributed by atoms with Crippen LogP contribution in [-0.4, -0.2) is 24.6 Å². The van der Waals surface area contributed by atoms with Crippen LogP contribution in [0.1, 0.15) is 0 Å². The van der Waals surface area contributed by atoms with E-state index >= 15 is 0 Å². The number of nitrogens with one attached hydrogen (secondary N) is 1. The van der Waals surface area contributed by atoms with E-state index in [2.05, 4.69) is 9.97 Å². The molecule has 0 radical (unpaired) electrons. The number of imidazole rings is 1. The van der Waals surface area contributed by atoms with E-state index in [1.165, 1.54) is 6.26 Å².